The molecule has 0 bridgehead atoms. The quantitative estimate of drug-likeness (QED) is 0.340. The van der Waals surface area contributed by atoms with E-state index in [2.05, 4.69) is 20.3 Å². The molecule has 1 aromatic carbocycles. The SMILES string of the molecule is CC(=O)O[C@@]1(C)[C@@H](COC(=O)c2ccccc2)OC(n2cnc3c(NCc4ccco4)ncnc32)[C@]1(C)F. The van der Waals surface area contributed by atoms with Crippen LogP contribution in [0.1, 0.15) is 43.1 Å². The fourth-order valence-electron chi connectivity index (χ4n) is 4.51. The van der Waals surface area contributed by atoms with Crippen LogP contribution in [-0.4, -0.2) is 55.4 Å². The number of hydrogen-bond acceptors (Lipinski definition) is 10. The number of esters is 2. The Kier molecular flexibility index (Phi) is 6.57. The van der Waals surface area contributed by atoms with Crippen molar-refractivity contribution in [1.82, 2.24) is 19.5 Å². The number of aromatic nitrogens is 4. The number of anilines is 1. The molecule has 5 rings (SSSR count). The van der Waals surface area contributed by atoms with Crippen LogP contribution in [-0.2, 0) is 25.5 Å². The van der Waals surface area contributed by atoms with E-state index < -0.39 is 35.5 Å². The van der Waals surface area contributed by atoms with Gasteiger partial charge in [-0.15, -0.1) is 0 Å². The van der Waals surface area contributed by atoms with Crippen LogP contribution in [0.25, 0.3) is 11.2 Å². The zero-order valence-electron chi connectivity index (χ0n) is 21.0. The van der Waals surface area contributed by atoms with Crippen LogP contribution >= 0.6 is 0 Å². The molecule has 38 heavy (non-hydrogen) atoms. The Balaban J connectivity index is 1.43. The van der Waals surface area contributed by atoms with Gasteiger partial charge in [0, 0.05) is 6.92 Å². The Morgan fingerprint density at radius 1 is 1.13 bits per heavy atom. The van der Waals surface area contributed by atoms with Crippen LogP contribution in [0.4, 0.5) is 10.2 Å². The number of carbonyl (C=O) groups excluding carboxylic acids is 2. The lowest BCUT2D eigenvalue weighted by Gasteiger charge is -2.36. The first kappa shape index (κ1) is 25.3. The minimum Gasteiger partial charge on any atom is -0.467 e. The number of hydrogen-bond donors (Lipinski definition) is 1. The van der Waals surface area contributed by atoms with Crippen molar-refractivity contribution in [1.29, 1.82) is 0 Å². The van der Waals surface area contributed by atoms with Gasteiger partial charge in [0.1, 0.15) is 24.8 Å². The molecule has 0 spiro atoms. The van der Waals surface area contributed by atoms with Crippen LogP contribution in [0.15, 0.2) is 65.8 Å². The highest BCUT2D eigenvalue weighted by Crippen LogP contribution is 2.51. The normalized spacial score (nSPS) is 24.8. The van der Waals surface area contributed by atoms with E-state index in [1.807, 2.05) is 6.07 Å². The molecular formula is C26H26FN5O6. The average Bonchev–Trinajstić information content (AvgIpc) is 3.61. The summed E-state index contributed by atoms with van der Waals surface area (Å²) in [4.78, 5) is 37.5. The van der Waals surface area contributed by atoms with E-state index in [1.54, 1.807) is 42.7 Å². The zero-order chi connectivity index (χ0) is 26.9. The molecule has 0 radical (unpaired) electrons. The van der Waals surface area contributed by atoms with Crippen LogP contribution in [0.3, 0.4) is 0 Å². The third kappa shape index (κ3) is 4.47. The molecule has 1 N–H and O–H groups in total. The number of carbonyl (C=O) groups is 2. The molecule has 0 amide bonds. The molecule has 3 aromatic heterocycles. The van der Waals surface area contributed by atoms with Gasteiger partial charge in [0.2, 0.25) is 0 Å². The number of rotatable bonds is 8. The predicted octanol–water partition coefficient (Wildman–Crippen LogP) is 3.84. The van der Waals surface area contributed by atoms with Crippen LogP contribution < -0.4 is 5.32 Å². The molecule has 1 fully saturated rings. The van der Waals surface area contributed by atoms with Crippen molar-refractivity contribution in [3.63, 3.8) is 0 Å². The van der Waals surface area contributed by atoms with E-state index in [4.69, 9.17) is 18.6 Å². The maximum absolute atomic E-state index is 16.6. The van der Waals surface area contributed by atoms with E-state index >= 15 is 4.39 Å². The lowest BCUT2D eigenvalue weighted by molar-refractivity contribution is -0.175. The summed E-state index contributed by atoms with van der Waals surface area (Å²) >= 11 is 0. The number of benzene rings is 1. The summed E-state index contributed by atoms with van der Waals surface area (Å²) in [5.74, 6) is -0.213. The maximum atomic E-state index is 16.6. The highest BCUT2D eigenvalue weighted by Gasteiger charge is 2.66. The Morgan fingerprint density at radius 3 is 2.63 bits per heavy atom. The van der Waals surface area contributed by atoms with Gasteiger partial charge in [-0.25, -0.2) is 24.1 Å². The first-order valence-electron chi connectivity index (χ1n) is 11.9. The average molecular weight is 524 g/mol. The second-order valence-electron chi connectivity index (χ2n) is 9.20. The molecule has 0 saturated carbocycles. The first-order chi connectivity index (χ1) is 18.2. The third-order valence-electron chi connectivity index (χ3n) is 6.69. The first-order valence-corrected chi connectivity index (χ1v) is 11.9. The van der Waals surface area contributed by atoms with Crippen molar-refractivity contribution in [3.05, 3.63) is 72.7 Å². The third-order valence-corrected chi connectivity index (χ3v) is 6.69. The minimum absolute atomic E-state index is 0.294. The van der Waals surface area contributed by atoms with Crippen molar-refractivity contribution in [2.45, 2.75) is 50.9 Å². The van der Waals surface area contributed by atoms with Crippen LogP contribution in [0.2, 0.25) is 0 Å². The van der Waals surface area contributed by atoms with Crippen molar-refractivity contribution in [2.75, 3.05) is 11.9 Å². The smallest absolute Gasteiger partial charge is 0.338 e. The number of ether oxygens (including phenoxy) is 3. The van der Waals surface area contributed by atoms with Gasteiger partial charge in [-0.3, -0.25) is 9.36 Å². The van der Waals surface area contributed by atoms with Gasteiger partial charge < -0.3 is 23.9 Å². The maximum Gasteiger partial charge on any atom is 0.338 e. The topological polar surface area (TPSA) is 131 Å². The molecule has 1 aliphatic rings. The summed E-state index contributed by atoms with van der Waals surface area (Å²) in [6, 6.07) is 11.9. The molecule has 4 atom stereocenters. The summed E-state index contributed by atoms with van der Waals surface area (Å²) in [5, 5.41) is 3.13. The Hall–Kier alpha value is -4.32. The Morgan fingerprint density at radius 2 is 1.92 bits per heavy atom. The van der Waals surface area contributed by atoms with Gasteiger partial charge in [-0.1, -0.05) is 18.2 Å². The molecule has 1 aliphatic heterocycles. The number of fused-ring (bicyclic) bond motifs is 1. The van der Waals surface area contributed by atoms with E-state index in [1.165, 1.54) is 38.0 Å². The standard InChI is InChI=1S/C26H26FN5O6/c1-16(33)38-26(3)19(13-36-23(34)17-8-5-4-6-9-17)37-24(25(26,2)27)32-15-31-20-21(29-14-30-22(20)32)28-12-18-10-7-11-35-18/h4-11,14-15,19,24H,12-13H2,1-3H3,(H,28,29,30)/t19-,24?,25+,26+/m1/s1. The van der Waals surface area contributed by atoms with Gasteiger partial charge >= 0.3 is 11.9 Å². The van der Waals surface area contributed by atoms with Crippen molar-refractivity contribution >= 4 is 28.9 Å². The molecule has 11 nitrogen and oxygen atoms in total. The van der Waals surface area contributed by atoms with Crippen LogP contribution in [0, 0.1) is 0 Å². The number of furan rings is 1. The summed E-state index contributed by atoms with van der Waals surface area (Å²) in [5.41, 5.74) is -3.08. The van der Waals surface area contributed by atoms with Gasteiger partial charge in [-0.2, -0.15) is 0 Å². The molecular weight excluding hydrogens is 497 g/mol. The van der Waals surface area contributed by atoms with Crippen molar-refractivity contribution in [3.8, 4) is 0 Å². The number of nitrogens with zero attached hydrogens (tertiary/aromatic N) is 4. The predicted molar refractivity (Wildman–Crippen MR) is 132 cm³/mol. The molecule has 1 saturated heterocycles. The number of alkyl halides is 1. The number of halogens is 1. The summed E-state index contributed by atoms with van der Waals surface area (Å²) in [7, 11) is 0. The van der Waals surface area contributed by atoms with Crippen molar-refractivity contribution in [2.24, 2.45) is 0 Å². The summed E-state index contributed by atoms with van der Waals surface area (Å²) in [6.45, 7) is 3.86. The largest absolute Gasteiger partial charge is 0.467 e. The van der Waals surface area contributed by atoms with E-state index in [-0.39, 0.29) is 6.61 Å². The molecule has 0 aliphatic carbocycles. The highest BCUT2D eigenvalue weighted by atomic mass is 19.1. The second kappa shape index (κ2) is 9.86. The van der Waals surface area contributed by atoms with E-state index in [0.29, 0.717) is 34.9 Å². The number of nitrogens with one attached hydrogen (secondary N) is 1. The fourth-order valence-corrected chi connectivity index (χ4v) is 4.51. The van der Waals surface area contributed by atoms with E-state index in [9.17, 15) is 9.59 Å². The highest BCUT2D eigenvalue weighted by molar-refractivity contribution is 5.89. The summed E-state index contributed by atoms with van der Waals surface area (Å²) in [6.07, 6.45) is 1.82. The number of imidazole rings is 1. The van der Waals surface area contributed by atoms with Crippen molar-refractivity contribution < 1.29 is 32.6 Å². The zero-order valence-corrected chi connectivity index (χ0v) is 21.0. The van der Waals surface area contributed by atoms with Crippen LogP contribution in [0.5, 0.6) is 0 Å². The monoisotopic (exact) mass is 523 g/mol. The van der Waals surface area contributed by atoms with Gasteiger partial charge in [-0.05, 0) is 38.1 Å². The molecule has 1 unspecified atom stereocenters. The molecule has 4 aromatic rings. The molecule has 198 valence electrons. The molecule has 4 heterocycles. The molecule has 12 heteroatoms. The van der Waals surface area contributed by atoms with Gasteiger partial charge in [0.15, 0.2) is 34.5 Å². The second-order valence-corrected chi connectivity index (χ2v) is 9.20. The Bertz CT molecular complexity index is 1440. The summed E-state index contributed by atoms with van der Waals surface area (Å²) < 4.78 is 40.4. The fraction of sp³-hybridized carbons (Fsp3) is 0.346. The van der Waals surface area contributed by atoms with Gasteiger partial charge in [0.25, 0.3) is 0 Å². The van der Waals surface area contributed by atoms with Gasteiger partial charge in [0.05, 0.1) is 24.7 Å². The van der Waals surface area contributed by atoms with E-state index in [0.717, 1.165) is 0 Å². The Labute approximate surface area is 216 Å². The lowest BCUT2D eigenvalue weighted by atomic mass is 9.84. The lowest BCUT2D eigenvalue weighted by Crippen LogP contribution is -2.55. The minimum atomic E-state index is -2.27.